The van der Waals surface area contributed by atoms with Crippen LogP contribution in [0.5, 0.6) is 0 Å². The van der Waals surface area contributed by atoms with Crippen molar-refractivity contribution in [3.63, 3.8) is 0 Å². The third kappa shape index (κ3) is 2.43. The summed E-state index contributed by atoms with van der Waals surface area (Å²) in [5.74, 6) is 0.402. The molecule has 0 fully saturated rings. The van der Waals surface area contributed by atoms with Crippen LogP contribution in [0.15, 0.2) is 47.3 Å². The molecule has 0 bridgehead atoms. The maximum atomic E-state index is 13.4. The van der Waals surface area contributed by atoms with Gasteiger partial charge in [0.1, 0.15) is 11.6 Å². The zero-order valence-electron chi connectivity index (χ0n) is 12.4. The van der Waals surface area contributed by atoms with E-state index < -0.39 is 6.10 Å². The summed E-state index contributed by atoms with van der Waals surface area (Å²) in [7, 11) is 0. The molecule has 4 rings (SSSR count). The maximum Gasteiger partial charge on any atom is 0.261 e. The van der Waals surface area contributed by atoms with Gasteiger partial charge in [-0.1, -0.05) is 18.2 Å². The van der Waals surface area contributed by atoms with Crippen LogP contribution in [0.3, 0.4) is 0 Å². The Bertz CT molecular complexity index is 965. The number of aliphatic hydroxyl groups is 1. The van der Waals surface area contributed by atoms with E-state index in [0.29, 0.717) is 36.1 Å². The zero-order chi connectivity index (χ0) is 16.0. The summed E-state index contributed by atoms with van der Waals surface area (Å²) in [6, 6.07) is 11.7. The highest BCUT2D eigenvalue weighted by Gasteiger charge is 2.20. The fraction of sp³-hybridized carbons (Fsp3) is 0.222. The first kappa shape index (κ1) is 14.1. The molecule has 23 heavy (non-hydrogen) atoms. The summed E-state index contributed by atoms with van der Waals surface area (Å²) in [6.07, 6.45) is 0.698. The SMILES string of the molecule is O=c1c2ccc(-c3cccc(F)c3)cc2nc2n1CC(O)CC2. The molecular formula is C18H15FN2O2. The molecule has 0 saturated heterocycles. The Labute approximate surface area is 131 Å². The Morgan fingerprint density at radius 1 is 1.17 bits per heavy atom. The van der Waals surface area contributed by atoms with Crippen molar-refractivity contribution in [2.24, 2.45) is 0 Å². The molecule has 5 heteroatoms. The van der Waals surface area contributed by atoms with E-state index in [-0.39, 0.29) is 11.4 Å². The van der Waals surface area contributed by atoms with Gasteiger partial charge in [-0.25, -0.2) is 9.37 Å². The van der Waals surface area contributed by atoms with Crippen LogP contribution in [0.2, 0.25) is 0 Å². The second-order valence-electron chi connectivity index (χ2n) is 5.88. The summed E-state index contributed by atoms with van der Waals surface area (Å²) < 4.78 is 15.0. The Kier molecular flexibility index (Phi) is 3.23. The van der Waals surface area contributed by atoms with Crippen LogP contribution in [0.1, 0.15) is 12.2 Å². The molecule has 0 aliphatic carbocycles. The molecule has 1 unspecified atom stereocenters. The smallest absolute Gasteiger partial charge is 0.261 e. The molecule has 3 aromatic rings. The van der Waals surface area contributed by atoms with Gasteiger partial charge in [0.2, 0.25) is 0 Å². The van der Waals surface area contributed by atoms with E-state index >= 15 is 0 Å². The lowest BCUT2D eigenvalue weighted by Gasteiger charge is -2.22. The molecule has 1 aliphatic heterocycles. The van der Waals surface area contributed by atoms with E-state index in [2.05, 4.69) is 4.98 Å². The van der Waals surface area contributed by atoms with E-state index in [0.717, 1.165) is 11.1 Å². The number of aryl methyl sites for hydroxylation is 1. The van der Waals surface area contributed by atoms with E-state index in [1.165, 1.54) is 12.1 Å². The molecule has 1 atom stereocenters. The van der Waals surface area contributed by atoms with Crippen molar-refractivity contribution in [1.29, 1.82) is 0 Å². The molecular weight excluding hydrogens is 295 g/mol. The van der Waals surface area contributed by atoms with Crippen molar-refractivity contribution in [2.45, 2.75) is 25.5 Å². The average molecular weight is 310 g/mol. The van der Waals surface area contributed by atoms with Gasteiger partial charge in [0, 0.05) is 6.42 Å². The van der Waals surface area contributed by atoms with Gasteiger partial charge in [0.15, 0.2) is 0 Å². The number of aliphatic hydroxyl groups excluding tert-OH is 1. The number of nitrogens with zero attached hydrogens (tertiary/aromatic N) is 2. The predicted molar refractivity (Wildman–Crippen MR) is 85.7 cm³/mol. The van der Waals surface area contributed by atoms with Crippen molar-refractivity contribution >= 4 is 10.9 Å². The van der Waals surface area contributed by atoms with Gasteiger partial charge in [0.25, 0.3) is 5.56 Å². The summed E-state index contributed by atoms with van der Waals surface area (Å²) in [6.45, 7) is 0.294. The third-order valence-corrected chi connectivity index (χ3v) is 4.29. The van der Waals surface area contributed by atoms with Gasteiger partial charge in [0.05, 0.1) is 23.6 Å². The Hall–Kier alpha value is -2.53. The fourth-order valence-corrected chi connectivity index (χ4v) is 3.09. The molecule has 0 amide bonds. The molecule has 0 spiro atoms. The Morgan fingerprint density at radius 3 is 2.83 bits per heavy atom. The summed E-state index contributed by atoms with van der Waals surface area (Å²) in [5, 5.41) is 10.3. The number of hydrogen-bond donors (Lipinski definition) is 1. The van der Waals surface area contributed by atoms with Gasteiger partial charge in [-0.3, -0.25) is 9.36 Å². The van der Waals surface area contributed by atoms with Gasteiger partial charge in [-0.05, 0) is 41.8 Å². The second-order valence-corrected chi connectivity index (χ2v) is 5.88. The standard InChI is InChI=1S/C18H15FN2O2/c19-13-3-1-2-11(8-13)12-4-6-15-16(9-12)20-17-7-5-14(22)10-21(17)18(15)23/h1-4,6,8-9,14,22H,5,7,10H2. The van der Waals surface area contributed by atoms with Crippen LogP contribution < -0.4 is 5.56 Å². The minimum absolute atomic E-state index is 0.130. The molecule has 0 saturated carbocycles. The van der Waals surface area contributed by atoms with E-state index in [1.54, 1.807) is 22.8 Å². The van der Waals surface area contributed by atoms with Crippen LogP contribution in [0.25, 0.3) is 22.0 Å². The van der Waals surface area contributed by atoms with E-state index in [9.17, 15) is 14.3 Å². The highest BCUT2D eigenvalue weighted by Crippen LogP contribution is 2.24. The van der Waals surface area contributed by atoms with Crippen molar-refractivity contribution in [1.82, 2.24) is 9.55 Å². The number of fused-ring (bicyclic) bond motifs is 2. The largest absolute Gasteiger partial charge is 0.391 e. The molecule has 1 aromatic heterocycles. The molecule has 1 N–H and O–H groups in total. The number of halogens is 1. The van der Waals surface area contributed by atoms with Crippen LogP contribution >= 0.6 is 0 Å². The van der Waals surface area contributed by atoms with Crippen molar-refractivity contribution in [3.8, 4) is 11.1 Å². The Balaban J connectivity index is 1.90. The number of benzene rings is 2. The summed E-state index contributed by atoms with van der Waals surface area (Å²) >= 11 is 0. The first-order valence-corrected chi connectivity index (χ1v) is 7.59. The quantitative estimate of drug-likeness (QED) is 0.751. The van der Waals surface area contributed by atoms with Gasteiger partial charge < -0.3 is 5.11 Å². The van der Waals surface area contributed by atoms with Gasteiger partial charge in [-0.15, -0.1) is 0 Å². The average Bonchev–Trinajstić information content (AvgIpc) is 2.55. The number of aromatic nitrogens is 2. The van der Waals surface area contributed by atoms with Crippen LogP contribution in [-0.2, 0) is 13.0 Å². The minimum atomic E-state index is -0.494. The molecule has 116 valence electrons. The monoisotopic (exact) mass is 310 g/mol. The number of hydrogen-bond acceptors (Lipinski definition) is 3. The lowest BCUT2D eigenvalue weighted by molar-refractivity contribution is 0.128. The first-order valence-electron chi connectivity index (χ1n) is 7.59. The molecule has 0 radical (unpaired) electrons. The molecule has 4 nitrogen and oxygen atoms in total. The number of rotatable bonds is 1. The van der Waals surface area contributed by atoms with Gasteiger partial charge >= 0.3 is 0 Å². The van der Waals surface area contributed by atoms with Crippen LogP contribution in [-0.4, -0.2) is 20.8 Å². The summed E-state index contributed by atoms with van der Waals surface area (Å²) in [5.41, 5.74) is 2.06. The summed E-state index contributed by atoms with van der Waals surface area (Å²) in [4.78, 5) is 17.2. The van der Waals surface area contributed by atoms with E-state index in [1.807, 2.05) is 12.1 Å². The Morgan fingerprint density at radius 2 is 2.00 bits per heavy atom. The lowest BCUT2D eigenvalue weighted by Crippen LogP contribution is -2.34. The third-order valence-electron chi connectivity index (χ3n) is 4.29. The van der Waals surface area contributed by atoms with Crippen LogP contribution in [0, 0.1) is 5.82 Å². The highest BCUT2D eigenvalue weighted by atomic mass is 19.1. The topological polar surface area (TPSA) is 55.1 Å². The molecule has 2 heterocycles. The normalized spacial score (nSPS) is 17.2. The van der Waals surface area contributed by atoms with Crippen molar-refractivity contribution in [2.75, 3.05) is 0 Å². The highest BCUT2D eigenvalue weighted by molar-refractivity contribution is 5.83. The molecule has 2 aromatic carbocycles. The second kappa shape index (κ2) is 5.28. The van der Waals surface area contributed by atoms with Crippen molar-refractivity contribution in [3.05, 3.63) is 64.5 Å². The van der Waals surface area contributed by atoms with E-state index in [4.69, 9.17) is 0 Å². The fourth-order valence-electron chi connectivity index (χ4n) is 3.09. The molecule has 1 aliphatic rings. The maximum absolute atomic E-state index is 13.4. The predicted octanol–water partition coefficient (Wildman–Crippen LogP) is 2.51. The minimum Gasteiger partial charge on any atom is -0.391 e. The zero-order valence-corrected chi connectivity index (χ0v) is 12.4. The first-order chi connectivity index (χ1) is 11.1. The van der Waals surface area contributed by atoms with Gasteiger partial charge in [-0.2, -0.15) is 0 Å². The lowest BCUT2D eigenvalue weighted by atomic mass is 10.0. The van der Waals surface area contributed by atoms with Crippen molar-refractivity contribution < 1.29 is 9.50 Å². The van der Waals surface area contributed by atoms with Crippen LogP contribution in [0.4, 0.5) is 4.39 Å².